The van der Waals surface area contributed by atoms with Gasteiger partial charge in [-0.15, -0.1) is 0 Å². The number of carbonyl (C=O) groups is 1. The van der Waals surface area contributed by atoms with Crippen LogP contribution in [-0.4, -0.2) is 22.6 Å². The smallest absolute Gasteiger partial charge is 0.312 e. The van der Waals surface area contributed by atoms with Crippen LogP contribution in [0.25, 0.3) is 0 Å². The Labute approximate surface area is 111 Å². The van der Waals surface area contributed by atoms with Crippen molar-refractivity contribution in [2.45, 2.75) is 27.7 Å². The molecule has 0 radical (unpaired) electrons. The molecule has 1 rings (SSSR count). The van der Waals surface area contributed by atoms with E-state index < -0.39 is 16.3 Å². The number of benzene rings is 1. The molecule has 0 saturated carbocycles. The van der Waals surface area contributed by atoms with Gasteiger partial charge >= 0.3 is 5.97 Å². The van der Waals surface area contributed by atoms with E-state index in [1.54, 1.807) is 33.8 Å². The van der Waals surface area contributed by atoms with Gasteiger partial charge in [-0.1, -0.05) is 0 Å². The zero-order valence-electron chi connectivity index (χ0n) is 11.4. The van der Waals surface area contributed by atoms with E-state index >= 15 is 0 Å². The molecular formula is C13H17NO5. The van der Waals surface area contributed by atoms with Crippen LogP contribution in [0, 0.1) is 29.4 Å². The summed E-state index contributed by atoms with van der Waals surface area (Å²) in [5.74, 6) is -0.485. The topological polar surface area (TPSA) is 89.7 Å². The molecule has 1 aromatic rings. The first-order valence-electron chi connectivity index (χ1n) is 5.77. The highest BCUT2D eigenvalue weighted by Crippen LogP contribution is 2.29. The van der Waals surface area contributed by atoms with Crippen LogP contribution in [0.5, 0.6) is 5.75 Å². The molecule has 0 aliphatic rings. The van der Waals surface area contributed by atoms with Crippen LogP contribution in [0.4, 0.5) is 5.69 Å². The van der Waals surface area contributed by atoms with Crippen molar-refractivity contribution in [1.29, 1.82) is 0 Å². The summed E-state index contributed by atoms with van der Waals surface area (Å²) in [6.07, 6.45) is 0. The number of rotatable bonds is 5. The minimum atomic E-state index is -1.01. The van der Waals surface area contributed by atoms with Crippen LogP contribution in [0.1, 0.15) is 25.0 Å². The summed E-state index contributed by atoms with van der Waals surface area (Å²) < 4.78 is 5.48. The Kier molecular flexibility index (Phi) is 4.14. The molecule has 0 amide bonds. The van der Waals surface area contributed by atoms with Gasteiger partial charge in [0.1, 0.15) is 12.4 Å². The van der Waals surface area contributed by atoms with Crippen molar-refractivity contribution < 1.29 is 19.6 Å². The molecule has 1 N–H and O–H groups in total. The molecule has 1 aromatic carbocycles. The van der Waals surface area contributed by atoms with Crippen molar-refractivity contribution in [3.05, 3.63) is 33.4 Å². The summed E-state index contributed by atoms with van der Waals surface area (Å²) in [6, 6.07) is 2.99. The van der Waals surface area contributed by atoms with Gasteiger partial charge in [0.25, 0.3) is 5.69 Å². The zero-order chi connectivity index (χ0) is 14.8. The van der Waals surface area contributed by atoms with E-state index in [-0.39, 0.29) is 12.3 Å². The highest BCUT2D eigenvalue weighted by molar-refractivity contribution is 5.73. The lowest BCUT2D eigenvalue weighted by Crippen LogP contribution is -2.30. The fourth-order valence-electron chi connectivity index (χ4n) is 1.45. The number of nitro groups is 1. The van der Waals surface area contributed by atoms with E-state index in [2.05, 4.69) is 0 Å². The fraction of sp³-hybridized carbons (Fsp3) is 0.462. The van der Waals surface area contributed by atoms with Gasteiger partial charge in [-0.25, -0.2) is 0 Å². The van der Waals surface area contributed by atoms with E-state index in [0.29, 0.717) is 16.9 Å². The first kappa shape index (κ1) is 14.9. The largest absolute Gasteiger partial charge is 0.492 e. The molecule has 104 valence electrons. The van der Waals surface area contributed by atoms with Crippen LogP contribution in [0.15, 0.2) is 12.1 Å². The van der Waals surface area contributed by atoms with E-state index in [0.717, 1.165) is 0 Å². The molecule has 0 heterocycles. The highest BCUT2D eigenvalue weighted by Gasteiger charge is 2.28. The molecule has 0 saturated heterocycles. The second-order valence-corrected chi connectivity index (χ2v) is 5.14. The van der Waals surface area contributed by atoms with Crippen LogP contribution in [-0.2, 0) is 4.79 Å². The Morgan fingerprint density at radius 2 is 1.95 bits per heavy atom. The van der Waals surface area contributed by atoms with Gasteiger partial charge < -0.3 is 9.84 Å². The second kappa shape index (κ2) is 5.26. The Bertz CT molecular complexity index is 522. The van der Waals surface area contributed by atoms with Crippen molar-refractivity contribution >= 4 is 11.7 Å². The normalized spacial score (nSPS) is 11.2. The molecule has 0 aromatic heterocycles. The Balaban J connectivity index is 2.95. The maximum atomic E-state index is 11.0. The average Bonchev–Trinajstić information content (AvgIpc) is 2.29. The number of hydrogen-bond acceptors (Lipinski definition) is 4. The lowest BCUT2D eigenvalue weighted by atomic mass is 9.95. The molecule has 0 fully saturated rings. The number of nitrogens with zero attached hydrogens (tertiary/aromatic N) is 1. The molecule has 19 heavy (non-hydrogen) atoms. The van der Waals surface area contributed by atoms with Gasteiger partial charge in [0.15, 0.2) is 0 Å². The number of nitro benzene ring substituents is 1. The number of aliphatic carboxylic acids is 1. The summed E-state index contributed by atoms with van der Waals surface area (Å²) in [5, 5.41) is 19.8. The molecule has 0 unspecified atom stereocenters. The van der Waals surface area contributed by atoms with Crippen LogP contribution >= 0.6 is 0 Å². The quantitative estimate of drug-likeness (QED) is 0.654. The van der Waals surface area contributed by atoms with Crippen molar-refractivity contribution in [2.24, 2.45) is 5.41 Å². The Morgan fingerprint density at radius 3 is 2.42 bits per heavy atom. The molecule has 0 bridgehead atoms. The summed E-state index contributed by atoms with van der Waals surface area (Å²) >= 11 is 0. The van der Waals surface area contributed by atoms with Gasteiger partial charge in [-0.3, -0.25) is 14.9 Å². The zero-order valence-corrected chi connectivity index (χ0v) is 11.4. The SMILES string of the molecule is Cc1cc([N+](=O)[O-])c(C)cc1OCC(C)(C)C(=O)O. The van der Waals surface area contributed by atoms with E-state index in [9.17, 15) is 14.9 Å². The molecule has 6 heteroatoms. The number of aryl methyl sites for hydroxylation is 2. The first-order valence-corrected chi connectivity index (χ1v) is 5.77. The number of hydrogen-bond donors (Lipinski definition) is 1. The van der Waals surface area contributed by atoms with E-state index in [4.69, 9.17) is 9.84 Å². The summed E-state index contributed by atoms with van der Waals surface area (Å²) in [7, 11) is 0. The summed E-state index contributed by atoms with van der Waals surface area (Å²) in [5.41, 5.74) is 0.113. The van der Waals surface area contributed by atoms with E-state index in [1.165, 1.54) is 6.07 Å². The molecule has 0 aliphatic heterocycles. The summed E-state index contributed by atoms with van der Waals surface area (Å²) in [4.78, 5) is 21.3. The molecule has 0 spiro atoms. The lowest BCUT2D eigenvalue weighted by molar-refractivity contribution is -0.385. The highest BCUT2D eigenvalue weighted by atomic mass is 16.6. The van der Waals surface area contributed by atoms with Gasteiger partial charge in [0, 0.05) is 11.6 Å². The van der Waals surface area contributed by atoms with Gasteiger partial charge in [0.2, 0.25) is 0 Å². The molecule has 0 aliphatic carbocycles. The lowest BCUT2D eigenvalue weighted by Gasteiger charge is -2.20. The van der Waals surface area contributed by atoms with Crippen molar-refractivity contribution in [2.75, 3.05) is 6.61 Å². The molecule has 0 atom stereocenters. The first-order chi connectivity index (χ1) is 8.65. The van der Waals surface area contributed by atoms with Crippen molar-refractivity contribution in [1.82, 2.24) is 0 Å². The number of ether oxygens (including phenoxy) is 1. The molecular weight excluding hydrogens is 250 g/mol. The predicted molar refractivity (Wildman–Crippen MR) is 69.5 cm³/mol. The van der Waals surface area contributed by atoms with Crippen LogP contribution in [0.3, 0.4) is 0 Å². The monoisotopic (exact) mass is 267 g/mol. The maximum Gasteiger partial charge on any atom is 0.312 e. The third-order valence-electron chi connectivity index (χ3n) is 2.86. The van der Waals surface area contributed by atoms with Gasteiger partial charge in [0.05, 0.1) is 10.3 Å². The third-order valence-corrected chi connectivity index (χ3v) is 2.86. The second-order valence-electron chi connectivity index (χ2n) is 5.14. The summed E-state index contributed by atoms with van der Waals surface area (Å²) in [6.45, 7) is 6.43. The standard InChI is InChI=1S/C13H17NO5/c1-8-6-11(9(2)5-10(8)14(17)18)19-7-13(3,4)12(15)16/h5-6H,7H2,1-4H3,(H,15,16). The number of carboxylic acid groups (broad SMARTS) is 1. The fourth-order valence-corrected chi connectivity index (χ4v) is 1.45. The van der Waals surface area contributed by atoms with Gasteiger partial charge in [-0.05, 0) is 39.3 Å². The average molecular weight is 267 g/mol. The minimum Gasteiger partial charge on any atom is -0.492 e. The van der Waals surface area contributed by atoms with Crippen molar-refractivity contribution in [3.8, 4) is 5.75 Å². The Morgan fingerprint density at radius 1 is 1.37 bits per heavy atom. The molecule has 6 nitrogen and oxygen atoms in total. The number of carboxylic acids is 1. The maximum absolute atomic E-state index is 11.0. The predicted octanol–water partition coefficient (Wildman–Crippen LogP) is 2.70. The van der Waals surface area contributed by atoms with Crippen LogP contribution < -0.4 is 4.74 Å². The van der Waals surface area contributed by atoms with Gasteiger partial charge in [-0.2, -0.15) is 0 Å². The van der Waals surface area contributed by atoms with Crippen molar-refractivity contribution in [3.63, 3.8) is 0 Å². The van der Waals surface area contributed by atoms with E-state index in [1.807, 2.05) is 0 Å². The Hall–Kier alpha value is -2.11. The third kappa shape index (κ3) is 3.43. The minimum absolute atomic E-state index is 0.000421. The van der Waals surface area contributed by atoms with Crippen LogP contribution in [0.2, 0.25) is 0 Å².